The molecule has 0 saturated carbocycles. The fraction of sp³-hybridized carbons (Fsp3) is 0.121. The number of aryl methyl sites for hydroxylation is 1. The minimum Gasteiger partial charge on any atom is -0.323 e. The van der Waals surface area contributed by atoms with Crippen molar-refractivity contribution in [3.8, 4) is 0 Å². The Balaban J connectivity index is 1.50. The summed E-state index contributed by atoms with van der Waals surface area (Å²) in [7, 11) is 0. The molecule has 3 N–H and O–H groups in total. The predicted molar refractivity (Wildman–Crippen MR) is 163 cm³/mol. The van der Waals surface area contributed by atoms with Gasteiger partial charge in [-0.25, -0.2) is 4.39 Å². The van der Waals surface area contributed by atoms with Crippen LogP contribution in [0.2, 0.25) is 0 Å². The third-order valence-corrected chi connectivity index (χ3v) is 7.41. The van der Waals surface area contributed by atoms with Gasteiger partial charge in [-0.1, -0.05) is 73.2 Å². The topological polar surface area (TPSA) is 87.3 Å². The minimum atomic E-state index is -0.501. The lowest BCUT2D eigenvalue weighted by atomic mass is 10.1. The number of para-hydroxylation sites is 1. The highest BCUT2D eigenvalue weighted by atomic mass is 32.2. The zero-order chi connectivity index (χ0) is 29.2. The Bertz CT molecular complexity index is 1570. The van der Waals surface area contributed by atoms with Crippen molar-refractivity contribution in [1.29, 1.82) is 0 Å². The normalized spacial score (nSPS) is 11.8. The highest BCUT2D eigenvalue weighted by molar-refractivity contribution is 8.00. The number of benzene rings is 4. The van der Waals surface area contributed by atoms with Gasteiger partial charge in [0.15, 0.2) is 0 Å². The van der Waals surface area contributed by atoms with E-state index in [1.165, 1.54) is 23.9 Å². The monoisotopic (exact) mass is 567 g/mol. The average Bonchev–Trinajstić information content (AvgIpc) is 2.97. The second kappa shape index (κ2) is 14.1. The predicted octanol–water partition coefficient (Wildman–Crippen LogP) is 7.05. The second-order valence-electron chi connectivity index (χ2n) is 9.26. The molecule has 1 atom stereocenters. The fourth-order valence-corrected chi connectivity index (χ4v) is 4.99. The first kappa shape index (κ1) is 29.3. The Kier molecular flexibility index (Phi) is 10.1. The van der Waals surface area contributed by atoms with Crippen LogP contribution in [-0.2, 0) is 9.59 Å². The van der Waals surface area contributed by atoms with Gasteiger partial charge in [0.2, 0.25) is 5.91 Å². The summed E-state index contributed by atoms with van der Waals surface area (Å²) in [4.78, 5) is 39.9. The van der Waals surface area contributed by atoms with Crippen LogP contribution < -0.4 is 16.0 Å². The molecule has 0 aliphatic rings. The van der Waals surface area contributed by atoms with Gasteiger partial charge in [0, 0.05) is 16.1 Å². The van der Waals surface area contributed by atoms with Gasteiger partial charge in [-0.15, -0.1) is 11.8 Å². The van der Waals surface area contributed by atoms with Crippen molar-refractivity contribution in [3.63, 3.8) is 0 Å². The van der Waals surface area contributed by atoms with E-state index in [1.54, 1.807) is 60.7 Å². The maximum absolute atomic E-state index is 14.0. The summed E-state index contributed by atoms with van der Waals surface area (Å²) in [5, 5.41) is 7.76. The van der Waals surface area contributed by atoms with Crippen molar-refractivity contribution >= 4 is 46.9 Å². The van der Waals surface area contributed by atoms with E-state index in [9.17, 15) is 18.8 Å². The maximum Gasteiger partial charge on any atom is 0.272 e. The molecule has 6 nitrogen and oxygen atoms in total. The summed E-state index contributed by atoms with van der Waals surface area (Å²) >= 11 is 1.31. The number of carbonyl (C=O) groups is 3. The standard InChI is InChI=1S/C33H30FN3O3S/c1-3-30(33(40)36-28-18-8-7-17-27(28)34)41-26-16-10-15-25(21-26)35-32(39)29(20-23-12-9-11-22(2)19-23)37-31(38)24-13-5-4-6-14-24/h4-21,30H,3H2,1-2H3,(H,35,39)(H,36,40)(H,37,38)/b29-20+. The molecule has 4 aromatic carbocycles. The number of hydrogen-bond donors (Lipinski definition) is 3. The van der Waals surface area contributed by atoms with Crippen molar-refractivity contribution in [2.45, 2.75) is 30.4 Å². The minimum absolute atomic E-state index is 0.0817. The fourth-order valence-electron chi connectivity index (χ4n) is 3.98. The molecule has 8 heteroatoms. The first-order valence-electron chi connectivity index (χ1n) is 13.1. The van der Waals surface area contributed by atoms with Crippen LogP contribution in [0.5, 0.6) is 0 Å². The van der Waals surface area contributed by atoms with E-state index in [0.717, 1.165) is 16.0 Å². The number of anilines is 2. The molecule has 1 unspecified atom stereocenters. The van der Waals surface area contributed by atoms with Crippen molar-refractivity contribution in [2.24, 2.45) is 0 Å². The molecular formula is C33H30FN3O3S. The molecule has 0 heterocycles. The lowest BCUT2D eigenvalue weighted by Gasteiger charge is -2.16. The van der Waals surface area contributed by atoms with Gasteiger partial charge in [-0.2, -0.15) is 0 Å². The smallest absolute Gasteiger partial charge is 0.272 e. The third kappa shape index (κ3) is 8.40. The molecule has 0 bridgehead atoms. The Labute approximate surface area is 243 Å². The second-order valence-corrected chi connectivity index (χ2v) is 10.5. The Morgan fingerprint density at radius 2 is 1.59 bits per heavy atom. The van der Waals surface area contributed by atoms with Crippen LogP contribution in [0.25, 0.3) is 6.08 Å². The summed E-state index contributed by atoms with van der Waals surface area (Å²) in [5.41, 5.74) is 2.91. The molecule has 4 aromatic rings. The van der Waals surface area contributed by atoms with E-state index >= 15 is 0 Å². The lowest BCUT2D eigenvalue weighted by Crippen LogP contribution is -2.30. The van der Waals surface area contributed by atoms with Crippen molar-refractivity contribution in [1.82, 2.24) is 5.32 Å². The van der Waals surface area contributed by atoms with E-state index in [1.807, 2.05) is 50.2 Å². The number of halogens is 1. The van der Waals surface area contributed by atoms with Crippen molar-refractivity contribution in [2.75, 3.05) is 10.6 Å². The largest absolute Gasteiger partial charge is 0.323 e. The van der Waals surface area contributed by atoms with Crippen LogP contribution in [0.3, 0.4) is 0 Å². The Hall–Kier alpha value is -4.69. The van der Waals surface area contributed by atoms with Crippen molar-refractivity contribution < 1.29 is 18.8 Å². The number of hydrogen-bond acceptors (Lipinski definition) is 4. The SMILES string of the molecule is CCC(Sc1cccc(NC(=O)/C(=C\c2cccc(C)c2)NC(=O)c2ccccc2)c1)C(=O)Nc1ccccc1F. The maximum atomic E-state index is 14.0. The lowest BCUT2D eigenvalue weighted by molar-refractivity contribution is -0.116. The molecule has 0 saturated heterocycles. The Morgan fingerprint density at radius 1 is 0.854 bits per heavy atom. The molecule has 0 fully saturated rings. The summed E-state index contributed by atoms with van der Waals surface area (Å²) < 4.78 is 14.0. The van der Waals surface area contributed by atoms with E-state index in [2.05, 4.69) is 16.0 Å². The van der Waals surface area contributed by atoms with E-state index < -0.39 is 22.9 Å². The number of rotatable bonds is 10. The van der Waals surface area contributed by atoms with Crippen LogP contribution in [0.4, 0.5) is 15.8 Å². The highest BCUT2D eigenvalue weighted by Crippen LogP contribution is 2.29. The summed E-state index contributed by atoms with van der Waals surface area (Å²) in [6.45, 7) is 3.82. The van der Waals surface area contributed by atoms with Gasteiger partial charge in [0.1, 0.15) is 11.5 Å². The van der Waals surface area contributed by atoms with Gasteiger partial charge in [0.05, 0.1) is 10.9 Å². The van der Waals surface area contributed by atoms with Crippen LogP contribution in [0.15, 0.2) is 114 Å². The molecule has 3 amide bonds. The van der Waals surface area contributed by atoms with Gasteiger partial charge in [0.25, 0.3) is 11.8 Å². The quantitative estimate of drug-likeness (QED) is 0.142. The highest BCUT2D eigenvalue weighted by Gasteiger charge is 2.20. The summed E-state index contributed by atoms with van der Waals surface area (Å²) in [6.07, 6.45) is 2.14. The van der Waals surface area contributed by atoms with Crippen LogP contribution in [-0.4, -0.2) is 23.0 Å². The van der Waals surface area contributed by atoms with Gasteiger partial charge >= 0.3 is 0 Å². The van der Waals surface area contributed by atoms with Crippen LogP contribution >= 0.6 is 11.8 Å². The zero-order valence-electron chi connectivity index (χ0n) is 22.7. The molecule has 208 valence electrons. The molecule has 41 heavy (non-hydrogen) atoms. The summed E-state index contributed by atoms with van der Waals surface area (Å²) in [6, 6.07) is 29.4. The average molecular weight is 568 g/mol. The molecule has 4 rings (SSSR count). The van der Waals surface area contributed by atoms with Crippen molar-refractivity contribution in [3.05, 3.63) is 131 Å². The Morgan fingerprint density at radius 3 is 2.32 bits per heavy atom. The molecule has 0 aliphatic carbocycles. The molecule has 0 radical (unpaired) electrons. The van der Waals surface area contributed by atoms with Gasteiger partial charge < -0.3 is 16.0 Å². The first-order valence-corrected chi connectivity index (χ1v) is 14.0. The van der Waals surface area contributed by atoms with Gasteiger partial charge in [-0.3, -0.25) is 14.4 Å². The van der Waals surface area contributed by atoms with E-state index in [4.69, 9.17) is 0 Å². The molecular weight excluding hydrogens is 537 g/mol. The first-order chi connectivity index (χ1) is 19.8. The zero-order valence-corrected chi connectivity index (χ0v) is 23.5. The molecule has 0 spiro atoms. The van der Waals surface area contributed by atoms with Crippen LogP contribution in [0.1, 0.15) is 34.8 Å². The summed E-state index contributed by atoms with van der Waals surface area (Å²) in [5.74, 6) is -1.72. The molecule has 0 aromatic heterocycles. The van der Waals surface area contributed by atoms with E-state index in [0.29, 0.717) is 17.7 Å². The number of nitrogens with one attached hydrogen (secondary N) is 3. The van der Waals surface area contributed by atoms with Crippen LogP contribution in [0, 0.1) is 12.7 Å². The number of carbonyl (C=O) groups excluding carboxylic acids is 3. The van der Waals surface area contributed by atoms with E-state index in [-0.39, 0.29) is 17.3 Å². The number of thioether (sulfide) groups is 1. The molecule has 0 aliphatic heterocycles. The third-order valence-electron chi connectivity index (χ3n) is 6.05. The number of amides is 3. The van der Waals surface area contributed by atoms with Gasteiger partial charge in [-0.05, 0) is 67.4 Å².